The minimum Gasteiger partial charge on any atom is -0.486 e. The molecule has 0 radical (unpaired) electrons. The Bertz CT molecular complexity index is 562. The Balaban J connectivity index is 2.37. The highest BCUT2D eigenvalue weighted by Gasteiger charge is 2.22. The molecule has 1 heterocycles. The van der Waals surface area contributed by atoms with Gasteiger partial charge in [0.1, 0.15) is 16.7 Å². The Morgan fingerprint density at radius 3 is 2.68 bits per heavy atom. The van der Waals surface area contributed by atoms with Crippen LogP contribution in [0.1, 0.15) is 24.0 Å². The van der Waals surface area contributed by atoms with Gasteiger partial charge in [-0.25, -0.2) is 13.6 Å². The number of rotatable bonds is 3. The summed E-state index contributed by atoms with van der Waals surface area (Å²) in [6.07, 6.45) is 1.66. The summed E-state index contributed by atoms with van der Waals surface area (Å²) in [5.74, 6) is 0.351. The van der Waals surface area contributed by atoms with Crippen LogP contribution in [0, 0.1) is 13.8 Å². The maximum atomic E-state index is 11.7. The number of hydrogen-bond acceptors (Lipinski definition) is 4. The third-order valence-corrected chi connectivity index (χ3v) is 4.01. The molecule has 5 nitrogen and oxygen atoms in total. The van der Waals surface area contributed by atoms with Gasteiger partial charge < -0.3 is 9.47 Å². The van der Waals surface area contributed by atoms with Gasteiger partial charge in [0.2, 0.25) is 10.0 Å². The van der Waals surface area contributed by atoms with Crippen LogP contribution in [0.2, 0.25) is 0 Å². The normalized spacial score (nSPS) is 20.3. The van der Waals surface area contributed by atoms with E-state index in [1.165, 1.54) is 0 Å². The van der Waals surface area contributed by atoms with Crippen molar-refractivity contribution < 1.29 is 17.9 Å². The quantitative estimate of drug-likeness (QED) is 0.913. The van der Waals surface area contributed by atoms with Crippen molar-refractivity contribution in [3.8, 4) is 5.75 Å². The number of aryl methyl sites for hydroxylation is 2. The highest BCUT2D eigenvalue weighted by Crippen LogP contribution is 2.30. The van der Waals surface area contributed by atoms with Crippen LogP contribution in [0.15, 0.2) is 17.0 Å². The predicted octanol–water partition coefficient (Wildman–Crippen LogP) is 1.51. The second-order valence-electron chi connectivity index (χ2n) is 4.91. The first-order valence-corrected chi connectivity index (χ1v) is 7.81. The van der Waals surface area contributed by atoms with Crippen LogP contribution in [-0.2, 0) is 14.8 Å². The van der Waals surface area contributed by atoms with Crippen LogP contribution in [0.25, 0.3) is 0 Å². The van der Waals surface area contributed by atoms with Crippen molar-refractivity contribution in [2.45, 2.75) is 37.7 Å². The van der Waals surface area contributed by atoms with Gasteiger partial charge in [-0.15, -0.1) is 0 Å². The smallest absolute Gasteiger partial charge is 0.241 e. The standard InChI is InChI=1S/C13H19NO4S/c1-9-6-10(2)13(12(7-9)19(14,15)16)18-11-4-3-5-17-8-11/h6-7,11H,3-5,8H2,1-2H3,(H2,14,15,16). The van der Waals surface area contributed by atoms with E-state index in [1.807, 2.05) is 19.9 Å². The average Bonchev–Trinajstić information content (AvgIpc) is 2.32. The van der Waals surface area contributed by atoms with Gasteiger partial charge in [0.25, 0.3) is 0 Å². The van der Waals surface area contributed by atoms with E-state index in [9.17, 15) is 8.42 Å². The molecular weight excluding hydrogens is 266 g/mol. The first-order valence-electron chi connectivity index (χ1n) is 6.26. The third kappa shape index (κ3) is 3.46. The van der Waals surface area contributed by atoms with Crippen LogP contribution in [0.4, 0.5) is 0 Å². The molecule has 1 fully saturated rings. The zero-order valence-electron chi connectivity index (χ0n) is 11.2. The van der Waals surface area contributed by atoms with E-state index in [0.29, 0.717) is 12.4 Å². The van der Waals surface area contributed by atoms with Gasteiger partial charge in [-0.3, -0.25) is 0 Å². The number of nitrogens with two attached hydrogens (primary N) is 1. The Hall–Kier alpha value is -1.11. The van der Waals surface area contributed by atoms with Crippen molar-refractivity contribution in [2.24, 2.45) is 5.14 Å². The summed E-state index contributed by atoms with van der Waals surface area (Å²) >= 11 is 0. The lowest BCUT2D eigenvalue weighted by Gasteiger charge is -2.25. The molecule has 106 valence electrons. The molecule has 0 aliphatic carbocycles. The molecule has 0 spiro atoms. The van der Waals surface area contributed by atoms with Crippen molar-refractivity contribution in [3.05, 3.63) is 23.3 Å². The zero-order chi connectivity index (χ0) is 14.0. The number of sulfonamides is 1. The van der Waals surface area contributed by atoms with Crippen LogP contribution >= 0.6 is 0 Å². The first-order chi connectivity index (χ1) is 8.88. The SMILES string of the molecule is Cc1cc(C)c(OC2CCCOC2)c(S(N)(=O)=O)c1. The fraction of sp³-hybridized carbons (Fsp3) is 0.538. The average molecular weight is 285 g/mol. The lowest BCUT2D eigenvalue weighted by molar-refractivity contribution is 0.00590. The summed E-state index contributed by atoms with van der Waals surface area (Å²) in [5.41, 5.74) is 1.61. The lowest BCUT2D eigenvalue weighted by atomic mass is 10.1. The molecule has 1 aliphatic heterocycles. The molecule has 2 rings (SSSR count). The maximum Gasteiger partial charge on any atom is 0.241 e. The van der Waals surface area contributed by atoms with Crippen molar-refractivity contribution >= 4 is 10.0 Å². The van der Waals surface area contributed by atoms with Crippen LogP contribution in [0.3, 0.4) is 0 Å². The highest BCUT2D eigenvalue weighted by molar-refractivity contribution is 7.89. The van der Waals surface area contributed by atoms with Gasteiger partial charge in [-0.2, -0.15) is 0 Å². The van der Waals surface area contributed by atoms with Crippen LogP contribution in [0.5, 0.6) is 5.75 Å². The molecule has 2 N–H and O–H groups in total. The van der Waals surface area contributed by atoms with E-state index in [1.54, 1.807) is 6.07 Å². The Labute approximate surface area is 113 Å². The monoisotopic (exact) mass is 285 g/mol. The van der Waals surface area contributed by atoms with Gasteiger partial charge in [0.05, 0.1) is 6.61 Å². The van der Waals surface area contributed by atoms with E-state index in [4.69, 9.17) is 14.6 Å². The maximum absolute atomic E-state index is 11.7. The second-order valence-corrected chi connectivity index (χ2v) is 6.44. The summed E-state index contributed by atoms with van der Waals surface area (Å²) in [5, 5.41) is 5.26. The number of benzene rings is 1. The largest absolute Gasteiger partial charge is 0.486 e. The summed E-state index contributed by atoms with van der Waals surface area (Å²) in [4.78, 5) is 0.0515. The number of primary sulfonamides is 1. The van der Waals surface area contributed by atoms with E-state index in [2.05, 4.69) is 0 Å². The van der Waals surface area contributed by atoms with Crippen LogP contribution < -0.4 is 9.88 Å². The molecular formula is C13H19NO4S. The van der Waals surface area contributed by atoms with Crippen molar-refractivity contribution in [1.29, 1.82) is 0 Å². The molecule has 0 saturated carbocycles. The van der Waals surface area contributed by atoms with Gasteiger partial charge in [0, 0.05) is 6.61 Å². The summed E-state index contributed by atoms with van der Waals surface area (Å²) in [6.45, 7) is 4.86. The van der Waals surface area contributed by atoms with Gasteiger partial charge in [-0.05, 0) is 43.9 Å². The van der Waals surface area contributed by atoms with Crippen molar-refractivity contribution in [3.63, 3.8) is 0 Å². The van der Waals surface area contributed by atoms with Crippen LogP contribution in [-0.4, -0.2) is 27.7 Å². The molecule has 1 aromatic carbocycles. The Morgan fingerprint density at radius 2 is 2.11 bits per heavy atom. The number of hydrogen-bond donors (Lipinski definition) is 1. The molecule has 0 bridgehead atoms. The van der Waals surface area contributed by atoms with Gasteiger partial charge in [0.15, 0.2) is 0 Å². The van der Waals surface area contributed by atoms with Crippen molar-refractivity contribution in [2.75, 3.05) is 13.2 Å². The molecule has 1 atom stereocenters. The lowest BCUT2D eigenvalue weighted by Crippen LogP contribution is -2.29. The third-order valence-electron chi connectivity index (χ3n) is 3.09. The molecule has 1 aromatic rings. The molecule has 0 amide bonds. The fourth-order valence-electron chi connectivity index (χ4n) is 2.25. The predicted molar refractivity (Wildman–Crippen MR) is 71.8 cm³/mol. The zero-order valence-corrected chi connectivity index (χ0v) is 12.0. The van der Waals surface area contributed by atoms with E-state index < -0.39 is 10.0 Å². The minimum absolute atomic E-state index is 0.0515. The first kappa shape index (κ1) is 14.3. The second kappa shape index (κ2) is 5.48. The summed E-state index contributed by atoms with van der Waals surface area (Å²) in [6, 6.07) is 3.43. The summed E-state index contributed by atoms with van der Waals surface area (Å²) < 4.78 is 34.5. The molecule has 0 aromatic heterocycles. The molecule has 1 aliphatic rings. The topological polar surface area (TPSA) is 78.6 Å². The molecule has 1 saturated heterocycles. The number of ether oxygens (including phenoxy) is 2. The summed E-state index contributed by atoms with van der Waals surface area (Å²) in [7, 11) is -3.80. The molecule has 6 heteroatoms. The van der Waals surface area contributed by atoms with Crippen molar-refractivity contribution in [1.82, 2.24) is 0 Å². The Kier molecular flexibility index (Phi) is 4.13. The fourth-order valence-corrected chi connectivity index (χ4v) is 3.07. The minimum atomic E-state index is -3.80. The van der Waals surface area contributed by atoms with E-state index in [0.717, 1.165) is 30.6 Å². The molecule has 19 heavy (non-hydrogen) atoms. The van der Waals surface area contributed by atoms with Gasteiger partial charge >= 0.3 is 0 Å². The van der Waals surface area contributed by atoms with Gasteiger partial charge in [-0.1, -0.05) is 6.07 Å². The van der Waals surface area contributed by atoms with E-state index in [-0.39, 0.29) is 11.0 Å². The Morgan fingerprint density at radius 1 is 1.37 bits per heavy atom. The highest BCUT2D eigenvalue weighted by atomic mass is 32.2. The molecule has 1 unspecified atom stereocenters. The van der Waals surface area contributed by atoms with E-state index >= 15 is 0 Å².